The van der Waals surface area contributed by atoms with E-state index in [1.807, 2.05) is 36.4 Å². The maximum atomic E-state index is 15.1. The number of carbonyl (C=O) groups excluding carboxylic acids is 2. The van der Waals surface area contributed by atoms with E-state index in [4.69, 9.17) is 9.47 Å². The minimum Gasteiger partial charge on any atom is -0.381 e. The van der Waals surface area contributed by atoms with Crippen LogP contribution in [0.5, 0.6) is 0 Å². The van der Waals surface area contributed by atoms with Gasteiger partial charge in [0.25, 0.3) is 5.91 Å². The Balaban J connectivity index is 1.29. The van der Waals surface area contributed by atoms with Gasteiger partial charge in [0, 0.05) is 56.7 Å². The molecule has 45 heavy (non-hydrogen) atoms. The largest absolute Gasteiger partial charge is 0.381 e. The van der Waals surface area contributed by atoms with Crippen LogP contribution in [0.1, 0.15) is 48.0 Å². The molecule has 3 fully saturated rings. The molecule has 2 atom stereocenters. The quantitative estimate of drug-likeness (QED) is 0.437. The standard InChI is InChI=1S/C36H41FN4O4/c1-25-6-2-12-32(37)33(25)36(43)41-17-5-11-31(35(42)39-29-9-4-10-30(24-29)40-18-22-45-23-19-40)34(41)26-7-3-8-27(14-13-26)38-28-15-20-44-21-16-28/h2,4,6,9-10,12-14,24,28,31,34,38H,5,7,11,15-23H2,1H3,(H,39,42)/t31-,34-/m0/s1. The first kappa shape index (κ1) is 30.9. The Labute approximate surface area is 264 Å². The summed E-state index contributed by atoms with van der Waals surface area (Å²) in [5.41, 5.74) is 4.04. The van der Waals surface area contributed by atoms with Crippen LogP contribution < -0.4 is 15.5 Å². The molecule has 6 rings (SSSR count). The number of ether oxygens (including phenoxy) is 2. The summed E-state index contributed by atoms with van der Waals surface area (Å²) in [7, 11) is 0. The van der Waals surface area contributed by atoms with Gasteiger partial charge < -0.3 is 29.9 Å². The summed E-state index contributed by atoms with van der Waals surface area (Å²) in [5.74, 6) is 4.86. The first-order valence-electron chi connectivity index (χ1n) is 16.0. The molecule has 0 aromatic heterocycles. The SMILES string of the molecule is Cc1cccc(F)c1C(=O)N1CCC[C@H](C(=O)Nc2cccc(N3CCOCC3)c2)[C@@H]1C1=CC=C(NC2CCOCC2)C#CC1. The molecule has 0 bridgehead atoms. The molecule has 0 saturated carbocycles. The second-order valence-electron chi connectivity index (χ2n) is 12.1. The van der Waals surface area contributed by atoms with E-state index in [2.05, 4.69) is 27.4 Å². The molecule has 0 spiro atoms. The lowest BCUT2D eigenvalue weighted by atomic mass is 9.81. The highest BCUT2D eigenvalue weighted by atomic mass is 19.1. The highest BCUT2D eigenvalue weighted by Crippen LogP contribution is 2.34. The molecule has 1 aliphatic carbocycles. The van der Waals surface area contributed by atoms with E-state index in [1.165, 1.54) is 6.07 Å². The number of nitrogens with one attached hydrogen (secondary N) is 2. The lowest BCUT2D eigenvalue weighted by molar-refractivity contribution is -0.122. The van der Waals surface area contributed by atoms with Gasteiger partial charge in [-0.25, -0.2) is 4.39 Å². The third-order valence-electron chi connectivity index (χ3n) is 9.09. The van der Waals surface area contributed by atoms with Crippen LogP contribution in [0.2, 0.25) is 0 Å². The molecule has 2 aromatic rings. The fraction of sp³-hybridized carbons (Fsp3) is 0.444. The highest BCUT2D eigenvalue weighted by Gasteiger charge is 2.41. The summed E-state index contributed by atoms with van der Waals surface area (Å²) >= 11 is 0. The van der Waals surface area contributed by atoms with Gasteiger partial charge in [0.05, 0.1) is 36.4 Å². The zero-order valence-electron chi connectivity index (χ0n) is 25.8. The topological polar surface area (TPSA) is 83.1 Å². The van der Waals surface area contributed by atoms with Crippen molar-refractivity contribution in [2.24, 2.45) is 5.92 Å². The van der Waals surface area contributed by atoms with Gasteiger partial charge in [-0.1, -0.05) is 30.2 Å². The Kier molecular flexibility index (Phi) is 9.82. The molecular formula is C36H41FN4O4. The summed E-state index contributed by atoms with van der Waals surface area (Å²) in [5, 5.41) is 6.69. The van der Waals surface area contributed by atoms with Crippen molar-refractivity contribution in [2.45, 2.75) is 51.1 Å². The highest BCUT2D eigenvalue weighted by molar-refractivity contribution is 5.98. The second kappa shape index (κ2) is 14.3. The van der Waals surface area contributed by atoms with Crippen LogP contribution in [-0.2, 0) is 14.3 Å². The normalized spacial score (nSPS) is 22.4. The van der Waals surface area contributed by atoms with Crippen LogP contribution in [0.3, 0.4) is 0 Å². The van der Waals surface area contributed by atoms with E-state index < -0.39 is 23.7 Å². The van der Waals surface area contributed by atoms with Crippen LogP contribution in [-0.4, -0.2) is 74.9 Å². The summed E-state index contributed by atoms with van der Waals surface area (Å²) < 4.78 is 26.1. The summed E-state index contributed by atoms with van der Waals surface area (Å²) in [4.78, 5) is 32.1. The van der Waals surface area contributed by atoms with Crippen molar-refractivity contribution >= 4 is 23.2 Å². The van der Waals surface area contributed by atoms with Crippen molar-refractivity contribution in [3.63, 3.8) is 0 Å². The van der Waals surface area contributed by atoms with Crippen molar-refractivity contribution in [1.82, 2.24) is 10.2 Å². The Morgan fingerprint density at radius 2 is 1.73 bits per heavy atom. The monoisotopic (exact) mass is 612 g/mol. The van der Waals surface area contributed by atoms with Gasteiger partial charge in [-0.15, -0.1) is 0 Å². The number of amides is 2. The number of nitrogens with zero attached hydrogens (tertiary/aromatic N) is 2. The first-order valence-corrected chi connectivity index (χ1v) is 16.0. The van der Waals surface area contributed by atoms with Crippen molar-refractivity contribution in [1.29, 1.82) is 0 Å². The van der Waals surface area contributed by atoms with Crippen molar-refractivity contribution in [3.05, 3.63) is 82.8 Å². The third kappa shape index (κ3) is 7.24. The number of anilines is 2. The van der Waals surface area contributed by atoms with E-state index in [-0.39, 0.29) is 17.5 Å². The van der Waals surface area contributed by atoms with Gasteiger partial charge in [0.1, 0.15) is 5.82 Å². The van der Waals surface area contributed by atoms with Crippen LogP contribution in [0.25, 0.3) is 0 Å². The molecular weight excluding hydrogens is 571 g/mol. The van der Waals surface area contributed by atoms with Crippen molar-refractivity contribution in [2.75, 3.05) is 56.3 Å². The fourth-order valence-corrected chi connectivity index (χ4v) is 6.72. The molecule has 8 nitrogen and oxygen atoms in total. The van der Waals surface area contributed by atoms with Crippen LogP contribution in [0, 0.1) is 30.5 Å². The van der Waals surface area contributed by atoms with Gasteiger partial charge in [0.2, 0.25) is 5.91 Å². The van der Waals surface area contributed by atoms with Crippen LogP contribution in [0.4, 0.5) is 15.8 Å². The van der Waals surface area contributed by atoms with E-state index in [0.29, 0.717) is 50.3 Å². The molecule has 9 heteroatoms. The van der Waals surface area contributed by atoms with Gasteiger partial charge in [-0.3, -0.25) is 9.59 Å². The maximum absolute atomic E-state index is 15.1. The van der Waals surface area contributed by atoms with Crippen molar-refractivity contribution < 1.29 is 23.5 Å². The number of hydrogen-bond donors (Lipinski definition) is 2. The molecule has 236 valence electrons. The molecule has 3 heterocycles. The molecule has 4 aliphatic rings. The van der Waals surface area contributed by atoms with Gasteiger partial charge in [0.15, 0.2) is 0 Å². The first-order chi connectivity index (χ1) is 22.0. The predicted octanol–water partition coefficient (Wildman–Crippen LogP) is 4.82. The Bertz CT molecular complexity index is 1510. The second-order valence-corrected chi connectivity index (χ2v) is 12.1. The lowest BCUT2D eigenvalue weighted by Crippen LogP contribution is -2.53. The average Bonchev–Trinajstić information content (AvgIpc) is 3.30. The molecule has 0 unspecified atom stereocenters. The number of benzene rings is 2. The molecule has 2 aromatic carbocycles. The zero-order valence-corrected chi connectivity index (χ0v) is 25.8. The smallest absolute Gasteiger partial charge is 0.257 e. The molecule has 3 saturated heterocycles. The van der Waals surface area contributed by atoms with E-state index in [9.17, 15) is 9.59 Å². The van der Waals surface area contributed by atoms with Gasteiger partial charge in [-0.05, 0) is 80.0 Å². The number of morpholine rings is 1. The lowest BCUT2D eigenvalue weighted by Gasteiger charge is -2.42. The number of allylic oxidation sites excluding steroid dienone is 3. The number of likely N-dealkylation sites (tertiary alicyclic amines) is 1. The Morgan fingerprint density at radius 3 is 2.53 bits per heavy atom. The number of halogens is 1. The zero-order chi connectivity index (χ0) is 31.2. The molecule has 2 N–H and O–H groups in total. The van der Waals surface area contributed by atoms with Gasteiger partial charge in [-0.2, -0.15) is 0 Å². The predicted molar refractivity (Wildman–Crippen MR) is 172 cm³/mol. The number of hydrogen-bond acceptors (Lipinski definition) is 6. The Morgan fingerprint density at radius 1 is 0.956 bits per heavy atom. The van der Waals surface area contributed by atoms with Crippen LogP contribution in [0.15, 0.2) is 65.9 Å². The fourth-order valence-electron chi connectivity index (χ4n) is 6.72. The number of rotatable bonds is 7. The maximum Gasteiger partial charge on any atom is 0.257 e. The van der Waals surface area contributed by atoms with Crippen LogP contribution >= 0.6 is 0 Å². The number of aryl methyl sites for hydroxylation is 1. The third-order valence-corrected chi connectivity index (χ3v) is 9.09. The summed E-state index contributed by atoms with van der Waals surface area (Å²) in [6, 6.07) is 12.2. The number of piperidine rings is 1. The minimum absolute atomic E-state index is 0.0551. The minimum atomic E-state index is -0.569. The molecule has 2 amide bonds. The van der Waals surface area contributed by atoms with E-state index in [0.717, 1.165) is 56.1 Å². The van der Waals surface area contributed by atoms with Gasteiger partial charge >= 0.3 is 0 Å². The summed E-state index contributed by atoms with van der Waals surface area (Å²) in [6.45, 7) is 6.55. The average molecular weight is 613 g/mol. The molecule has 3 aliphatic heterocycles. The van der Waals surface area contributed by atoms with E-state index in [1.54, 1.807) is 24.0 Å². The number of carbonyl (C=O) groups is 2. The van der Waals surface area contributed by atoms with E-state index >= 15 is 4.39 Å². The Hall–Kier alpha value is -4.13. The van der Waals surface area contributed by atoms with Crippen molar-refractivity contribution in [3.8, 4) is 11.8 Å². The molecule has 0 radical (unpaired) electrons. The summed E-state index contributed by atoms with van der Waals surface area (Å²) in [6.07, 6.45) is 7.40.